The number of amides is 1. The number of anilines is 1. The fraction of sp³-hybridized carbons (Fsp3) is 0.200. The third-order valence-corrected chi connectivity index (χ3v) is 3.63. The first-order valence-electron chi connectivity index (χ1n) is 8.10. The van der Waals surface area contributed by atoms with Gasteiger partial charge in [0.2, 0.25) is 5.91 Å². The predicted molar refractivity (Wildman–Crippen MR) is 101 cm³/mol. The molecule has 2 rings (SSSR count). The number of hydrogen-bond acceptors (Lipinski definition) is 3. The first kappa shape index (κ1) is 18.7. The molecular weight excluding hydrogens is 338 g/mol. The maximum Gasteiger partial charge on any atom is 0.338 e. The summed E-state index contributed by atoms with van der Waals surface area (Å²) in [7, 11) is 0. The number of nitrogens with one attached hydrogen (secondary N) is 1. The molecule has 0 fully saturated rings. The van der Waals surface area contributed by atoms with E-state index in [4.69, 9.17) is 16.3 Å². The zero-order valence-corrected chi connectivity index (χ0v) is 14.8. The van der Waals surface area contributed by atoms with Gasteiger partial charge in [0.15, 0.2) is 0 Å². The number of carbonyl (C=O) groups excluding carboxylic acids is 2. The number of rotatable bonds is 7. The molecule has 4 nitrogen and oxygen atoms in total. The van der Waals surface area contributed by atoms with Crippen LogP contribution in [0.1, 0.15) is 35.7 Å². The van der Waals surface area contributed by atoms with Crippen molar-refractivity contribution in [1.29, 1.82) is 0 Å². The van der Waals surface area contributed by atoms with Crippen LogP contribution in [0.3, 0.4) is 0 Å². The molecule has 2 aromatic rings. The molecular formula is C20H20ClNO3. The highest BCUT2D eigenvalue weighted by Crippen LogP contribution is 2.13. The summed E-state index contributed by atoms with van der Waals surface area (Å²) in [5.74, 6) is -0.620. The lowest BCUT2D eigenvalue weighted by Gasteiger charge is -2.06. The smallest absolute Gasteiger partial charge is 0.338 e. The molecule has 0 heterocycles. The fourth-order valence-electron chi connectivity index (χ4n) is 2.05. The lowest BCUT2D eigenvalue weighted by molar-refractivity contribution is -0.111. The molecule has 0 unspecified atom stereocenters. The number of unbranched alkanes of at least 4 members (excludes halogenated alkanes) is 1. The van der Waals surface area contributed by atoms with Crippen LogP contribution >= 0.6 is 11.6 Å². The van der Waals surface area contributed by atoms with Crippen molar-refractivity contribution in [1.82, 2.24) is 0 Å². The number of esters is 1. The van der Waals surface area contributed by atoms with E-state index in [1.54, 1.807) is 42.5 Å². The minimum Gasteiger partial charge on any atom is -0.462 e. The summed E-state index contributed by atoms with van der Waals surface area (Å²) in [5.41, 5.74) is 1.90. The van der Waals surface area contributed by atoms with Gasteiger partial charge in [-0.15, -0.1) is 0 Å². The Labute approximate surface area is 152 Å². The molecule has 0 spiro atoms. The van der Waals surface area contributed by atoms with Crippen molar-refractivity contribution in [2.75, 3.05) is 11.9 Å². The van der Waals surface area contributed by atoms with Gasteiger partial charge < -0.3 is 10.1 Å². The molecule has 25 heavy (non-hydrogen) atoms. The van der Waals surface area contributed by atoms with Crippen LogP contribution in [0.2, 0.25) is 5.02 Å². The second kappa shape index (κ2) is 9.64. The largest absolute Gasteiger partial charge is 0.462 e. The van der Waals surface area contributed by atoms with E-state index in [2.05, 4.69) is 5.32 Å². The van der Waals surface area contributed by atoms with Crippen molar-refractivity contribution < 1.29 is 14.3 Å². The van der Waals surface area contributed by atoms with Crippen LogP contribution in [0.15, 0.2) is 54.6 Å². The zero-order chi connectivity index (χ0) is 18.1. The highest BCUT2D eigenvalue weighted by atomic mass is 35.5. The Bertz CT molecular complexity index is 754. The summed E-state index contributed by atoms with van der Waals surface area (Å²) < 4.78 is 5.14. The minimum absolute atomic E-state index is 0.266. The molecule has 0 bridgehead atoms. The Balaban J connectivity index is 1.89. The lowest BCUT2D eigenvalue weighted by Crippen LogP contribution is -2.09. The Morgan fingerprint density at radius 3 is 2.60 bits per heavy atom. The van der Waals surface area contributed by atoms with E-state index in [0.29, 0.717) is 22.9 Å². The number of hydrogen-bond donors (Lipinski definition) is 1. The normalized spacial score (nSPS) is 10.6. The predicted octanol–water partition coefficient (Wildman–Crippen LogP) is 4.95. The average Bonchev–Trinajstić information content (AvgIpc) is 2.61. The molecule has 1 N–H and O–H groups in total. The molecule has 0 aliphatic rings. The molecule has 130 valence electrons. The molecule has 0 atom stereocenters. The highest BCUT2D eigenvalue weighted by Gasteiger charge is 2.07. The van der Waals surface area contributed by atoms with Crippen LogP contribution < -0.4 is 5.32 Å². The van der Waals surface area contributed by atoms with E-state index in [1.807, 2.05) is 19.1 Å². The summed E-state index contributed by atoms with van der Waals surface area (Å²) in [6.07, 6.45) is 4.93. The number of carbonyl (C=O) groups is 2. The van der Waals surface area contributed by atoms with Gasteiger partial charge in [-0.25, -0.2) is 4.79 Å². The van der Waals surface area contributed by atoms with Crippen molar-refractivity contribution >= 4 is 35.2 Å². The van der Waals surface area contributed by atoms with Gasteiger partial charge >= 0.3 is 5.97 Å². The summed E-state index contributed by atoms with van der Waals surface area (Å²) in [6, 6.07) is 13.8. The Hall–Kier alpha value is -2.59. The lowest BCUT2D eigenvalue weighted by atomic mass is 10.2. The number of ether oxygens (including phenoxy) is 1. The molecule has 5 heteroatoms. The quantitative estimate of drug-likeness (QED) is 0.433. The van der Waals surface area contributed by atoms with E-state index in [9.17, 15) is 9.59 Å². The van der Waals surface area contributed by atoms with Crippen LogP contribution in [0.5, 0.6) is 0 Å². The van der Waals surface area contributed by atoms with E-state index in [-0.39, 0.29) is 11.9 Å². The van der Waals surface area contributed by atoms with Crippen molar-refractivity contribution in [2.24, 2.45) is 0 Å². The van der Waals surface area contributed by atoms with Gasteiger partial charge in [0, 0.05) is 16.8 Å². The van der Waals surface area contributed by atoms with Crippen molar-refractivity contribution in [3.8, 4) is 0 Å². The van der Waals surface area contributed by atoms with Crippen molar-refractivity contribution in [2.45, 2.75) is 19.8 Å². The van der Waals surface area contributed by atoms with Gasteiger partial charge in [0.05, 0.1) is 12.2 Å². The zero-order valence-electron chi connectivity index (χ0n) is 14.0. The van der Waals surface area contributed by atoms with Crippen LogP contribution in [-0.4, -0.2) is 18.5 Å². The van der Waals surface area contributed by atoms with Crippen LogP contribution in [-0.2, 0) is 9.53 Å². The maximum atomic E-state index is 11.9. The molecule has 2 aromatic carbocycles. The van der Waals surface area contributed by atoms with Gasteiger partial charge in [0.25, 0.3) is 0 Å². The van der Waals surface area contributed by atoms with Crippen molar-refractivity contribution in [3.63, 3.8) is 0 Å². The first-order valence-corrected chi connectivity index (χ1v) is 8.48. The summed E-state index contributed by atoms with van der Waals surface area (Å²) in [5, 5.41) is 3.35. The third-order valence-electron chi connectivity index (χ3n) is 3.40. The Morgan fingerprint density at radius 2 is 1.92 bits per heavy atom. The van der Waals surface area contributed by atoms with Gasteiger partial charge in [-0.05, 0) is 54.5 Å². The van der Waals surface area contributed by atoms with Gasteiger partial charge in [0.1, 0.15) is 0 Å². The fourth-order valence-corrected chi connectivity index (χ4v) is 2.25. The molecule has 0 radical (unpaired) electrons. The van der Waals surface area contributed by atoms with Gasteiger partial charge in [-0.1, -0.05) is 37.1 Å². The molecule has 0 aliphatic carbocycles. The van der Waals surface area contributed by atoms with E-state index < -0.39 is 0 Å². The van der Waals surface area contributed by atoms with Crippen molar-refractivity contribution in [3.05, 3.63) is 70.8 Å². The molecule has 1 amide bonds. The average molecular weight is 358 g/mol. The minimum atomic E-state index is -0.354. The third kappa shape index (κ3) is 6.43. The summed E-state index contributed by atoms with van der Waals surface area (Å²) in [6.45, 7) is 2.45. The van der Waals surface area contributed by atoms with Crippen LogP contribution in [0.4, 0.5) is 5.69 Å². The number of benzene rings is 2. The summed E-state index contributed by atoms with van der Waals surface area (Å²) >= 11 is 5.90. The second-order valence-electron chi connectivity index (χ2n) is 5.44. The Kier molecular flexibility index (Phi) is 7.23. The van der Waals surface area contributed by atoms with Gasteiger partial charge in [-0.3, -0.25) is 4.79 Å². The van der Waals surface area contributed by atoms with Gasteiger partial charge in [-0.2, -0.15) is 0 Å². The topological polar surface area (TPSA) is 55.4 Å². The molecule has 0 saturated carbocycles. The standard InChI is InChI=1S/C20H20ClNO3/c1-2-3-13-25-20(24)16-8-10-18(11-9-16)22-19(23)12-7-15-5-4-6-17(21)14-15/h4-12,14H,2-3,13H2,1H3,(H,22,23). The van der Waals surface area contributed by atoms with E-state index in [1.165, 1.54) is 6.08 Å². The second-order valence-corrected chi connectivity index (χ2v) is 5.88. The van der Waals surface area contributed by atoms with E-state index in [0.717, 1.165) is 18.4 Å². The SMILES string of the molecule is CCCCOC(=O)c1ccc(NC(=O)C=Cc2cccc(Cl)c2)cc1. The van der Waals surface area contributed by atoms with Crippen LogP contribution in [0, 0.1) is 0 Å². The highest BCUT2D eigenvalue weighted by molar-refractivity contribution is 6.30. The molecule has 0 saturated heterocycles. The number of halogens is 1. The molecule has 0 aromatic heterocycles. The monoisotopic (exact) mass is 357 g/mol. The van der Waals surface area contributed by atoms with E-state index >= 15 is 0 Å². The summed E-state index contributed by atoms with van der Waals surface area (Å²) in [4.78, 5) is 23.7. The molecule has 0 aliphatic heterocycles. The van der Waals surface area contributed by atoms with Crippen LogP contribution in [0.25, 0.3) is 6.08 Å². The maximum absolute atomic E-state index is 11.9. The first-order chi connectivity index (χ1) is 12.1. The Morgan fingerprint density at radius 1 is 1.16 bits per heavy atom.